The number of aliphatic hydroxyl groups excluding tert-OH is 1. The van der Waals surface area contributed by atoms with Crippen molar-refractivity contribution in [3.63, 3.8) is 0 Å². The molecule has 0 bridgehead atoms. The minimum atomic E-state index is -1.16. The molecule has 0 fully saturated rings. The van der Waals surface area contributed by atoms with Crippen molar-refractivity contribution in [2.45, 2.75) is 18.9 Å². The Morgan fingerprint density at radius 1 is 1.33 bits per heavy atom. The molecule has 0 saturated carbocycles. The first kappa shape index (κ1) is 10.9. The Hall–Kier alpha value is -1.14. The molecule has 0 rings (SSSR count). The number of hydrogen-bond donors (Lipinski definition) is 4. The molecule has 12 heavy (non-hydrogen) atoms. The highest BCUT2D eigenvalue weighted by Crippen LogP contribution is 1.96. The fraction of sp³-hybridized carbons (Fsp3) is 0.667. The Labute approximate surface area is 68.8 Å². The van der Waals surface area contributed by atoms with Gasteiger partial charge >= 0.3 is 11.9 Å². The second-order valence-electron chi connectivity index (χ2n) is 2.19. The smallest absolute Gasteiger partial charge is 0.320 e. The molecule has 0 aliphatic carbocycles. The van der Waals surface area contributed by atoms with Gasteiger partial charge in [0.05, 0.1) is 6.73 Å². The first-order chi connectivity index (χ1) is 5.57. The highest BCUT2D eigenvalue weighted by atomic mass is 16.4. The monoisotopic (exact) mass is 177 g/mol. The summed E-state index contributed by atoms with van der Waals surface area (Å²) in [6.45, 7) is -0.476. The number of carbonyl (C=O) groups is 2. The largest absolute Gasteiger partial charge is 0.481 e. The van der Waals surface area contributed by atoms with E-state index in [0.29, 0.717) is 0 Å². The number of rotatable bonds is 6. The summed E-state index contributed by atoms with van der Waals surface area (Å²) in [6.07, 6.45) is -0.269. The Bertz CT molecular complexity index is 169. The van der Waals surface area contributed by atoms with Crippen LogP contribution in [-0.4, -0.2) is 40.0 Å². The first-order valence-corrected chi connectivity index (χ1v) is 3.36. The molecule has 0 aromatic heterocycles. The lowest BCUT2D eigenvalue weighted by molar-refractivity contribution is -0.141. The van der Waals surface area contributed by atoms with Gasteiger partial charge in [0.2, 0.25) is 0 Å². The van der Waals surface area contributed by atoms with Gasteiger partial charge in [-0.05, 0) is 6.42 Å². The predicted molar refractivity (Wildman–Crippen MR) is 38.5 cm³/mol. The van der Waals surface area contributed by atoms with Gasteiger partial charge in [-0.2, -0.15) is 0 Å². The summed E-state index contributed by atoms with van der Waals surface area (Å²) in [6, 6.07) is -0.994. The molecule has 70 valence electrons. The number of hydrogen-bond acceptors (Lipinski definition) is 4. The normalized spacial score (nSPS) is 12.4. The lowest BCUT2D eigenvalue weighted by Gasteiger charge is -2.10. The van der Waals surface area contributed by atoms with Crippen molar-refractivity contribution in [2.75, 3.05) is 6.73 Å². The van der Waals surface area contributed by atoms with E-state index in [1.165, 1.54) is 0 Å². The third kappa shape index (κ3) is 4.64. The summed E-state index contributed by atoms with van der Waals surface area (Å²) in [5, 5.41) is 27.2. The molecule has 6 nitrogen and oxygen atoms in total. The van der Waals surface area contributed by atoms with Crippen molar-refractivity contribution < 1.29 is 24.9 Å². The average Bonchev–Trinajstić information content (AvgIpc) is 1.96. The molecule has 0 aliphatic heterocycles. The van der Waals surface area contributed by atoms with Crippen LogP contribution in [0.4, 0.5) is 0 Å². The standard InChI is InChI=1S/C6H11NO5/c8-3-7-4(6(11)12)1-2-5(9)10/h4,7-8H,1-3H2,(H,9,10)(H,11,12)/t4-/m1/s1. The minimum Gasteiger partial charge on any atom is -0.481 e. The quantitative estimate of drug-likeness (QED) is 0.381. The van der Waals surface area contributed by atoms with Crippen molar-refractivity contribution >= 4 is 11.9 Å². The van der Waals surface area contributed by atoms with Crippen LogP contribution in [-0.2, 0) is 9.59 Å². The summed E-state index contributed by atoms with van der Waals surface area (Å²) in [5.41, 5.74) is 0. The van der Waals surface area contributed by atoms with Crippen molar-refractivity contribution in [1.82, 2.24) is 5.32 Å². The maximum absolute atomic E-state index is 10.3. The lowest BCUT2D eigenvalue weighted by atomic mass is 10.1. The van der Waals surface area contributed by atoms with E-state index < -0.39 is 24.7 Å². The Kier molecular flexibility index (Phi) is 4.98. The van der Waals surface area contributed by atoms with Gasteiger partial charge in [0, 0.05) is 6.42 Å². The summed E-state index contributed by atoms with van der Waals surface area (Å²) in [4.78, 5) is 20.4. The van der Waals surface area contributed by atoms with E-state index in [1.54, 1.807) is 0 Å². The molecular weight excluding hydrogens is 166 g/mol. The lowest BCUT2D eigenvalue weighted by Crippen LogP contribution is -2.37. The highest BCUT2D eigenvalue weighted by Gasteiger charge is 2.16. The van der Waals surface area contributed by atoms with Crippen molar-refractivity contribution in [3.05, 3.63) is 0 Å². The third-order valence-corrected chi connectivity index (χ3v) is 1.28. The molecule has 6 heteroatoms. The van der Waals surface area contributed by atoms with Crippen molar-refractivity contribution in [3.8, 4) is 0 Å². The van der Waals surface area contributed by atoms with E-state index in [9.17, 15) is 9.59 Å². The Balaban J connectivity index is 3.79. The summed E-state index contributed by atoms with van der Waals surface area (Å²) in [5.74, 6) is -2.22. The van der Waals surface area contributed by atoms with Gasteiger partial charge in [-0.1, -0.05) is 0 Å². The van der Waals surface area contributed by atoms with Crippen molar-refractivity contribution in [1.29, 1.82) is 0 Å². The van der Waals surface area contributed by atoms with Crippen LogP contribution in [0.3, 0.4) is 0 Å². The molecule has 0 spiro atoms. The Morgan fingerprint density at radius 2 is 1.92 bits per heavy atom. The van der Waals surface area contributed by atoms with Gasteiger partial charge in [0.1, 0.15) is 6.04 Å². The SMILES string of the molecule is O=C(O)CC[C@@H](NCO)C(=O)O. The number of aliphatic hydroxyl groups is 1. The molecular formula is C6H11NO5. The van der Waals surface area contributed by atoms with Gasteiger partial charge in [0.15, 0.2) is 0 Å². The Morgan fingerprint density at radius 3 is 2.25 bits per heavy atom. The minimum absolute atomic E-state index is 0.0365. The summed E-state index contributed by atoms with van der Waals surface area (Å²) >= 11 is 0. The van der Waals surface area contributed by atoms with Crippen LogP contribution >= 0.6 is 0 Å². The average molecular weight is 177 g/mol. The van der Waals surface area contributed by atoms with Crippen LogP contribution in [0.1, 0.15) is 12.8 Å². The molecule has 0 unspecified atom stereocenters. The van der Waals surface area contributed by atoms with E-state index >= 15 is 0 Å². The number of carboxylic acid groups (broad SMARTS) is 2. The third-order valence-electron chi connectivity index (χ3n) is 1.28. The molecule has 0 saturated heterocycles. The number of aliphatic carboxylic acids is 2. The topological polar surface area (TPSA) is 107 Å². The number of nitrogens with one attached hydrogen (secondary N) is 1. The molecule has 4 N–H and O–H groups in total. The maximum atomic E-state index is 10.3. The van der Waals surface area contributed by atoms with Crippen LogP contribution in [0, 0.1) is 0 Å². The molecule has 0 aliphatic rings. The zero-order valence-corrected chi connectivity index (χ0v) is 6.36. The van der Waals surface area contributed by atoms with E-state index in [-0.39, 0.29) is 12.8 Å². The van der Waals surface area contributed by atoms with Gasteiger partial charge in [-0.25, -0.2) is 0 Å². The molecule has 0 aromatic rings. The van der Waals surface area contributed by atoms with E-state index in [2.05, 4.69) is 5.32 Å². The molecule has 0 heterocycles. The van der Waals surface area contributed by atoms with Gasteiger partial charge < -0.3 is 15.3 Å². The second-order valence-corrected chi connectivity index (χ2v) is 2.19. The van der Waals surface area contributed by atoms with E-state index in [0.717, 1.165) is 0 Å². The highest BCUT2D eigenvalue weighted by molar-refractivity contribution is 5.75. The first-order valence-electron chi connectivity index (χ1n) is 3.36. The zero-order valence-electron chi connectivity index (χ0n) is 6.36. The van der Waals surface area contributed by atoms with Gasteiger partial charge in [-0.3, -0.25) is 14.9 Å². The summed E-state index contributed by atoms with van der Waals surface area (Å²) in [7, 11) is 0. The van der Waals surface area contributed by atoms with Crippen LogP contribution < -0.4 is 5.32 Å². The number of carboxylic acids is 2. The fourth-order valence-electron chi connectivity index (χ4n) is 0.691. The fourth-order valence-corrected chi connectivity index (χ4v) is 0.691. The van der Waals surface area contributed by atoms with Crippen LogP contribution in [0.15, 0.2) is 0 Å². The van der Waals surface area contributed by atoms with Gasteiger partial charge in [-0.15, -0.1) is 0 Å². The molecule has 0 amide bonds. The van der Waals surface area contributed by atoms with Crippen LogP contribution in [0.25, 0.3) is 0 Å². The van der Waals surface area contributed by atoms with Crippen molar-refractivity contribution in [2.24, 2.45) is 0 Å². The van der Waals surface area contributed by atoms with Crippen LogP contribution in [0.2, 0.25) is 0 Å². The van der Waals surface area contributed by atoms with Gasteiger partial charge in [0.25, 0.3) is 0 Å². The van der Waals surface area contributed by atoms with E-state index in [1.807, 2.05) is 0 Å². The zero-order chi connectivity index (χ0) is 9.56. The van der Waals surface area contributed by atoms with Crippen LogP contribution in [0.5, 0.6) is 0 Å². The second kappa shape index (κ2) is 5.50. The maximum Gasteiger partial charge on any atom is 0.320 e. The molecule has 0 radical (unpaired) electrons. The summed E-state index contributed by atoms with van der Waals surface area (Å²) < 4.78 is 0. The predicted octanol–water partition coefficient (Wildman–Crippen LogP) is -1.16. The molecule has 0 aromatic carbocycles. The molecule has 1 atom stereocenters. The van der Waals surface area contributed by atoms with E-state index in [4.69, 9.17) is 15.3 Å².